The average molecular weight is 641 g/mol. The standard InChI is InChI=1S/C42H42P2S/c1-25-13-26(2)18-33(17-25)37-9-10-38(34-19-27(3)14-28(4)20-34)41(37)43-44(45-43)42-39(35-21-29(5)15-30(6)22-35)11-12-40(42)36-23-31(7)16-32(8)24-36/h9-24,37,39H,1-8H3. The van der Waals surface area contributed by atoms with Crippen LogP contribution in [0.4, 0.5) is 0 Å². The van der Waals surface area contributed by atoms with E-state index in [1.54, 1.807) is 10.6 Å². The van der Waals surface area contributed by atoms with E-state index in [4.69, 9.17) is 0 Å². The van der Waals surface area contributed by atoms with Gasteiger partial charge in [-0.2, -0.15) is 0 Å². The summed E-state index contributed by atoms with van der Waals surface area (Å²) in [6.07, 6.45) is 9.19. The third-order valence-electron chi connectivity index (χ3n) is 9.03. The maximum absolute atomic E-state index is 2.50. The zero-order valence-corrected chi connectivity index (χ0v) is 30.3. The third-order valence-corrected chi connectivity index (χ3v) is 20.1. The fourth-order valence-electron chi connectivity index (χ4n) is 7.52. The highest BCUT2D eigenvalue weighted by atomic mass is 33.1. The van der Waals surface area contributed by atoms with Crippen molar-refractivity contribution in [3.63, 3.8) is 0 Å². The van der Waals surface area contributed by atoms with Gasteiger partial charge in [0.1, 0.15) is 0 Å². The second-order valence-electron chi connectivity index (χ2n) is 13.5. The zero-order valence-electron chi connectivity index (χ0n) is 27.7. The number of allylic oxidation sites excluding steroid dienone is 8. The van der Waals surface area contributed by atoms with Crippen LogP contribution in [0.5, 0.6) is 0 Å². The Kier molecular flexibility index (Phi) is 7.94. The Bertz CT molecular complexity index is 1870. The predicted molar refractivity (Wildman–Crippen MR) is 203 cm³/mol. The molecule has 0 saturated carbocycles. The van der Waals surface area contributed by atoms with E-state index in [-0.39, 0.29) is 12.8 Å². The van der Waals surface area contributed by atoms with Gasteiger partial charge in [0.15, 0.2) is 0 Å². The molecule has 45 heavy (non-hydrogen) atoms. The van der Waals surface area contributed by atoms with Gasteiger partial charge < -0.3 is 0 Å². The smallest absolute Gasteiger partial charge is 0.0330 e. The van der Waals surface area contributed by atoms with Crippen LogP contribution in [0.1, 0.15) is 78.6 Å². The van der Waals surface area contributed by atoms with Gasteiger partial charge in [-0.05, 0) is 102 Å². The molecular weight excluding hydrogens is 598 g/mol. The molecule has 1 aromatic heterocycles. The first kappa shape index (κ1) is 30.3. The molecule has 0 aliphatic heterocycles. The first-order valence-corrected chi connectivity index (χ1v) is 21.4. The van der Waals surface area contributed by atoms with Gasteiger partial charge in [0, 0.05) is 22.5 Å². The number of rotatable bonds is 6. The van der Waals surface area contributed by atoms with Crippen LogP contribution in [0.15, 0.2) is 97.1 Å². The van der Waals surface area contributed by atoms with Crippen LogP contribution in [0.3, 0.4) is 0 Å². The summed E-state index contributed by atoms with van der Waals surface area (Å²) in [4.78, 5) is 0. The van der Waals surface area contributed by atoms with Crippen molar-refractivity contribution in [1.82, 2.24) is 0 Å². The minimum atomic E-state index is -0.354. The Morgan fingerprint density at radius 2 is 0.689 bits per heavy atom. The molecule has 0 saturated heterocycles. The molecule has 0 amide bonds. The summed E-state index contributed by atoms with van der Waals surface area (Å²) in [6, 6.07) is 28.5. The minimum Gasteiger partial charge on any atom is -0.0892 e. The molecule has 2 aliphatic carbocycles. The number of hydrogen-bond donors (Lipinski definition) is 0. The maximum Gasteiger partial charge on any atom is 0.0330 e. The third kappa shape index (κ3) is 6.00. The van der Waals surface area contributed by atoms with Crippen molar-refractivity contribution < 1.29 is 0 Å². The van der Waals surface area contributed by atoms with Crippen molar-refractivity contribution in [2.24, 2.45) is 0 Å². The predicted octanol–water partition coefficient (Wildman–Crippen LogP) is 13.6. The lowest BCUT2D eigenvalue weighted by atomic mass is 9.95. The van der Waals surface area contributed by atoms with Crippen LogP contribution < -0.4 is 0 Å². The van der Waals surface area contributed by atoms with Crippen LogP contribution in [0, 0.1) is 55.4 Å². The van der Waals surface area contributed by atoms with E-state index >= 15 is 0 Å². The quantitative estimate of drug-likeness (QED) is 0.173. The summed E-state index contributed by atoms with van der Waals surface area (Å²) in [5.74, 6) is 0.676. The second kappa shape index (κ2) is 11.8. The molecule has 0 spiro atoms. The Morgan fingerprint density at radius 3 is 1.00 bits per heavy atom. The van der Waals surface area contributed by atoms with Crippen LogP contribution in [0.2, 0.25) is 0 Å². The van der Waals surface area contributed by atoms with Gasteiger partial charge in [0.25, 0.3) is 0 Å². The van der Waals surface area contributed by atoms with Crippen LogP contribution >= 0.6 is 23.3 Å². The summed E-state index contributed by atoms with van der Waals surface area (Å²) in [5, 5.41) is 3.35. The van der Waals surface area contributed by atoms with E-state index in [0.29, 0.717) is 11.8 Å². The molecule has 226 valence electrons. The number of aryl methyl sites for hydroxylation is 8. The second-order valence-corrected chi connectivity index (χ2v) is 23.9. The van der Waals surface area contributed by atoms with Crippen molar-refractivity contribution in [2.45, 2.75) is 67.2 Å². The highest BCUT2D eigenvalue weighted by Crippen LogP contribution is 2.87. The van der Waals surface area contributed by atoms with Gasteiger partial charge in [0.05, 0.1) is 0 Å². The SMILES string of the molecule is Cc1cc(C)cc(C2=C(p3sp3C3=C(c4cc(C)cc(C)c4)C=CC3c3cc(C)cc(C)c3)C(c3cc(C)cc(C)c3)C=C2)c1. The average Bonchev–Trinajstić information content (AvgIpc) is 3.38. The summed E-state index contributed by atoms with van der Waals surface area (Å²) in [7, 11) is 2.29. The number of hydrogen-bond acceptors (Lipinski definition) is 1. The molecule has 0 nitrogen and oxygen atoms in total. The normalized spacial score (nSPS) is 18.7. The number of benzene rings is 4. The van der Waals surface area contributed by atoms with E-state index in [0.717, 1.165) is 0 Å². The van der Waals surface area contributed by atoms with E-state index < -0.39 is 0 Å². The van der Waals surface area contributed by atoms with Gasteiger partial charge in [-0.25, -0.2) is 0 Å². The zero-order chi connectivity index (χ0) is 31.6. The van der Waals surface area contributed by atoms with Crippen molar-refractivity contribution in [1.29, 1.82) is 0 Å². The van der Waals surface area contributed by atoms with Gasteiger partial charge >= 0.3 is 0 Å². The molecular formula is C42H42P2S. The van der Waals surface area contributed by atoms with Crippen molar-refractivity contribution in [3.05, 3.63) is 164 Å². The van der Waals surface area contributed by atoms with Crippen molar-refractivity contribution in [2.75, 3.05) is 0 Å². The minimum absolute atomic E-state index is 0.338. The molecule has 0 fully saturated rings. The molecule has 4 aromatic carbocycles. The molecule has 0 bridgehead atoms. The lowest BCUT2D eigenvalue weighted by Gasteiger charge is -2.18. The van der Waals surface area contributed by atoms with Crippen LogP contribution in [0.25, 0.3) is 21.8 Å². The van der Waals surface area contributed by atoms with Crippen molar-refractivity contribution in [3.8, 4) is 0 Å². The molecule has 2 aliphatic rings. The molecule has 0 radical (unpaired) electrons. The van der Waals surface area contributed by atoms with E-state index in [9.17, 15) is 0 Å². The molecule has 4 unspecified atom stereocenters. The molecule has 0 N–H and O–H groups in total. The first-order valence-electron chi connectivity index (χ1n) is 16.0. The lowest BCUT2D eigenvalue weighted by Crippen LogP contribution is -1.96. The van der Waals surface area contributed by atoms with E-state index in [1.807, 2.05) is 0 Å². The monoisotopic (exact) mass is 640 g/mol. The molecule has 1 heterocycles. The molecule has 3 heteroatoms. The Labute approximate surface area is 275 Å². The maximum atomic E-state index is 2.50. The summed E-state index contributed by atoms with van der Waals surface area (Å²) in [6.45, 7) is 17.9. The van der Waals surface area contributed by atoms with Crippen LogP contribution in [-0.4, -0.2) is 0 Å². The fraction of sp³-hybridized carbons (Fsp3) is 0.238. The first-order chi connectivity index (χ1) is 21.5. The highest BCUT2D eigenvalue weighted by Gasteiger charge is 2.36. The Balaban J connectivity index is 1.43. The van der Waals surface area contributed by atoms with Gasteiger partial charge in [-0.3, -0.25) is 0 Å². The van der Waals surface area contributed by atoms with Gasteiger partial charge in [0.2, 0.25) is 0 Å². The van der Waals surface area contributed by atoms with E-state index in [1.165, 1.54) is 77.9 Å². The topological polar surface area (TPSA) is 0 Å². The highest BCUT2D eigenvalue weighted by molar-refractivity contribution is 8.66. The summed E-state index contributed by atoms with van der Waals surface area (Å²) in [5.41, 5.74) is 19.4. The van der Waals surface area contributed by atoms with Gasteiger partial charge in [-0.1, -0.05) is 152 Å². The lowest BCUT2D eigenvalue weighted by molar-refractivity contribution is 1.13. The summed E-state index contributed by atoms with van der Waals surface area (Å²) >= 11 is 0. The molecule has 5 aromatic rings. The largest absolute Gasteiger partial charge is 0.0892 e. The van der Waals surface area contributed by atoms with Crippen molar-refractivity contribution >= 4 is 45.1 Å². The molecule has 4 atom stereocenters. The molecule has 7 rings (SSSR count). The fourth-order valence-corrected chi connectivity index (χ4v) is 20.8. The Hall–Kier alpha value is -3.34. The van der Waals surface area contributed by atoms with E-state index in [2.05, 4.69) is 163 Å². The Morgan fingerprint density at radius 1 is 0.400 bits per heavy atom. The summed E-state index contributed by atoms with van der Waals surface area (Å²) < 4.78 is 0. The van der Waals surface area contributed by atoms with Gasteiger partial charge in [-0.15, -0.1) is 0 Å². The van der Waals surface area contributed by atoms with Crippen LogP contribution in [-0.2, 0) is 0 Å².